The smallest absolute Gasteiger partial charge is 0.315 e. The molecule has 4 bridgehead atoms. The van der Waals surface area contributed by atoms with Gasteiger partial charge in [-0.15, -0.1) is 0 Å². The van der Waals surface area contributed by atoms with Crippen LogP contribution < -0.4 is 10.6 Å². The number of nitrogens with zero attached hydrogens (tertiary/aromatic N) is 1. The van der Waals surface area contributed by atoms with Crippen LogP contribution in [0.5, 0.6) is 0 Å². The SMILES string of the molecule is O=C(NCC12CC3CC(CC(C3)C1)C2)NC1CCN(C2CC2)CC1. The Morgan fingerprint density at radius 1 is 0.917 bits per heavy atom. The highest BCUT2D eigenvalue weighted by atomic mass is 16.2. The van der Waals surface area contributed by atoms with Gasteiger partial charge in [-0.05, 0) is 87.4 Å². The van der Waals surface area contributed by atoms with Crippen molar-refractivity contribution in [3.8, 4) is 0 Å². The highest BCUT2D eigenvalue weighted by molar-refractivity contribution is 5.74. The number of likely N-dealkylation sites (tertiary alicyclic amines) is 1. The second-order valence-corrected chi connectivity index (χ2v) is 9.79. The Morgan fingerprint density at radius 3 is 2.04 bits per heavy atom. The molecule has 0 spiro atoms. The fourth-order valence-corrected chi connectivity index (χ4v) is 6.86. The lowest BCUT2D eigenvalue weighted by atomic mass is 9.49. The minimum atomic E-state index is 0.0932. The maximum atomic E-state index is 12.4. The van der Waals surface area contributed by atoms with Crippen LogP contribution in [0, 0.1) is 23.2 Å². The zero-order chi connectivity index (χ0) is 16.1. The molecule has 1 heterocycles. The number of hydrogen-bond acceptors (Lipinski definition) is 2. The van der Waals surface area contributed by atoms with Crippen LogP contribution in [0.1, 0.15) is 64.2 Å². The average molecular weight is 332 g/mol. The van der Waals surface area contributed by atoms with Crippen molar-refractivity contribution in [2.24, 2.45) is 23.2 Å². The molecule has 6 aliphatic rings. The van der Waals surface area contributed by atoms with E-state index in [0.29, 0.717) is 11.5 Å². The maximum Gasteiger partial charge on any atom is 0.315 e. The third kappa shape index (κ3) is 3.07. The third-order valence-electron chi connectivity index (χ3n) is 7.72. The molecule has 4 nitrogen and oxygen atoms in total. The quantitative estimate of drug-likeness (QED) is 0.831. The van der Waals surface area contributed by atoms with Gasteiger partial charge in [0.2, 0.25) is 0 Å². The zero-order valence-corrected chi connectivity index (χ0v) is 14.9. The molecule has 0 aromatic carbocycles. The van der Waals surface area contributed by atoms with Crippen LogP contribution in [0.2, 0.25) is 0 Å². The van der Waals surface area contributed by atoms with Crippen molar-refractivity contribution in [3.05, 3.63) is 0 Å². The van der Waals surface area contributed by atoms with E-state index < -0.39 is 0 Å². The molecule has 24 heavy (non-hydrogen) atoms. The number of urea groups is 1. The molecule has 2 amide bonds. The standard InChI is InChI=1S/C20H33N3O/c24-19(22-17-3-5-23(6-4-17)18-1-2-18)21-13-20-10-14-7-15(11-20)9-16(8-14)12-20/h14-18H,1-13H2,(H2,21,22,24). The molecule has 2 N–H and O–H groups in total. The first-order valence-corrected chi connectivity index (χ1v) is 10.5. The van der Waals surface area contributed by atoms with Gasteiger partial charge in [0.15, 0.2) is 0 Å². The summed E-state index contributed by atoms with van der Waals surface area (Å²) >= 11 is 0. The normalized spacial score (nSPS) is 42.2. The minimum absolute atomic E-state index is 0.0932. The predicted octanol–water partition coefficient (Wildman–Crippen LogP) is 3.13. The molecule has 0 atom stereocenters. The van der Waals surface area contributed by atoms with E-state index >= 15 is 0 Å². The number of carbonyl (C=O) groups is 1. The Kier molecular flexibility index (Phi) is 3.80. The molecular formula is C20H33N3O. The van der Waals surface area contributed by atoms with Gasteiger partial charge in [-0.1, -0.05) is 0 Å². The van der Waals surface area contributed by atoms with Crippen molar-refractivity contribution in [3.63, 3.8) is 0 Å². The van der Waals surface area contributed by atoms with E-state index in [4.69, 9.17) is 0 Å². The van der Waals surface area contributed by atoms with Crippen LogP contribution in [0.25, 0.3) is 0 Å². The molecule has 0 unspecified atom stereocenters. The Hall–Kier alpha value is -0.770. The van der Waals surface area contributed by atoms with E-state index in [0.717, 1.165) is 43.2 Å². The fourth-order valence-electron chi connectivity index (χ4n) is 6.86. The molecular weight excluding hydrogens is 298 g/mol. The summed E-state index contributed by atoms with van der Waals surface area (Å²) in [6.45, 7) is 3.26. The predicted molar refractivity (Wildman–Crippen MR) is 94.8 cm³/mol. The summed E-state index contributed by atoms with van der Waals surface area (Å²) in [4.78, 5) is 15.0. The van der Waals surface area contributed by atoms with E-state index in [-0.39, 0.29) is 6.03 Å². The molecule has 134 valence electrons. The number of amides is 2. The minimum Gasteiger partial charge on any atom is -0.338 e. The molecule has 1 saturated heterocycles. The van der Waals surface area contributed by atoms with Gasteiger partial charge in [-0.25, -0.2) is 4.79 Å². The van der Waals surface area contributed by atoms with E-state index in [1.807, 2.05) is 0 Å². The van der Waals surface area contributed by atoms with Gasteiger partial charge < -0.3 is 15.5 Å². The number of hydrogen-bond donors (Lipinski definition) is 2. The average Bonchev–Trinajstić information content (AvgIpc) is 3.38. The lowest BCUT2D eigenvalue weighted by Crippen LogP contribution is -2.54. The fraction of sp³-hybridized carbons (Fsp3) is 0.950. The second-order valence-electron chi connectivity index (χ2n) is 9.79. The maximum absolute atomic E-state index is 12.4. The van der Waals surface area contributed by atoms with E-state index in [1.165, 1.54) is 64.5 Å². The van der Waals surface area contributed by atoms with Gasteiger partial charge in [-0.2, -0.15) is 0 Å². The Labute approximate surface area is 146 Å². The first kappa shape index (κ1) is 15.5. The Morgan fingerprint density at radius 2 is 1.50 bits per heavy atom. The topological polar surface area (TPSA) is 44.4 Å². The Bertz CT molecular complexity index is 458. The van der Waals surface area contributed by atoms with Crippen LogP contribution in [0.3, 0.4) is 0 Å². The van der Waals surface area contributed by atoms with E-state index in [9.17, 15) is 4.79 Å². The monoisotopic (exact) mass is 331 g/mol. The van der Waals surface area contributed by atoms with Crippen LogP contribution in [-0.4, -0.2) is 42.6 Å². The third-order valence-corrected chi connectivity index (χ3v) is 7.72. The molecule has 6 fully saturated rings. The molecule has 5 aliphatic carbocycles. The molecule has 6 rings (SSSR count). The summed E-state index contributed by atoms with van der Waals surface area (Å²) in [5.41, 5.74) is 0.446. The van der Waals surface area contributed by atoms with Gasteiger partial charge >= 0.3 is 6.03 Å². The van der Waals surface area contributed by atoms with Gasteiger partial charge in [0, 0.05) is 31.7 Å². The van der Waals surface area contributed by atoms with Crippen molar-refractivity contribution in [1.82, 2.24) is 15.5 Å². The first-order valence-electron chi connectivity index (χ1n) is 10.5. The summed E-state index contributed by atoms with van der Waals surface area (Å²) in [6.07, 6.45) is 13.6. The molecule has 5 saturated carbocycles. The van der Waals surface area contributed by atoms with Crippen LogP contribution in [0.4, 0.5) is 4.79 Å². The van der Waals surface area contributed by atoms with Gasteiger partial charge in [0.25, 0.3) is 0 Å². The summed E-state index contributed by atoms with van der Waals surface area (Å²) in [5, 5.41) is 6.52. The molecule has 4 heteroatoms. The first-order chi connectivity index (χ1) is 11.7. The van der Waals surface area contributed by atoms with Crippen LogP contribution in [-0.2, 0) is 0 Å². The van der Waals surface area contributed by atoms with E-state index in [2.05, 4.69) is 15.5 Å². The lowest BCUT2D eigenvalue weighted by Gasteiger charge is -2.56. The molecule has 0 radical (unpaired) electrons. The van der Waals surface area contributed by atoms with Crippen molar-refractivity contribution in [1.29, 1.82) is 0 Å². The van der Waals surface area contributed by atoms with Crippen molar-refractivity contribution >= 4 is 6.03 Å². The van der Waals surface area contributed by atoms with Gasteiger partial charge in [0.05, 0.1) is 0 Å². The second kappa shape index (κ2) is 5.89. The molecule has 0 aromatic heterocycles. The summed E-state index contributed by atoms with van der Waals surface area (Å²) < 4.78 is 0. The van der Waals surface area contributed by atoms with Crippen molar-refractivity contribution in [2.45, 2.75) is 76.3 Å². The van der Waals surface area contributed by atoms with Crippen molar-refractivity contribution < 1.29 is 4.79 Å². The Balaban J connectivity index is 1.09. The summed E-state index contributed by atoms with van der Waals surface area (Å²) in [6, 6.07) is 1.35. The largest absolute Gasteiger partial charge is 0.338 e. The van der Waals surface area contributed by atoms with Crippen molar-refractivity contribution in [2.75, 3.05) is 19.6 Å². The summed E-state index contributed by atoms with van der Waals surface area (Å²) in [7, 11) is 0. The number of piperidine rings is 1. The lowest BCUT2D eigenvalue weighted by molar-refractivity contribution is -0.0498. The number of nitrogens with one attached hydrogen (secondary N) is 2. The van der Waals surface area contributed by atoms with Gasteiger partial charge in [-0.3, -0.25) is 0 Å². The van der Waals surface area contributed by atoms with Gasteiger partial charge in [0.1, 0.15) is 0 Å². The highest BCUT2D eigenvalue weighted by Crippen LogP contribution is 2.59. The number of carbonyl (C=O) groups excluding carboxylic acids is 1. The van der Waals surface area contributed by atoms with E-state index in [1.54, 1.807) is 0 Å². The van der Waals surface area contributed by atoms with Crippen LogP contribution >= 0.6 is 0 Å². The number of rotatable bonds is 4. The van der Waals surface area contributed by atoms with Crippen LogP contribution in [0.15, 0.2) is 0 Å². The highest BCUT2D eigenvalue weighted by Gasteiger charge is 2.50. The molecule has 0 aromatic rings. The zero-order valence-electron chi connectivity index (χ0n) is 14.9. The summed E-state index contributed by atoms with van der Waals surface area (Å²) in [5.74, 6) is 2.90. The molecule has 1 aliphatic heterocycles.